The minimum absolute atomic E-state index is 0.0240. The minimum atomic E-state index is -1.79. The molecular weight excluding hydrogens is 609 g/mol. The lowest BCUT2D eigenvalue weighted by atomic mass is 9.44. The zero-order chi connectivity index (χ0) is 33.8. The van der Waals surface area contributed by atoms with Gasteiger partial charge in [0.05, 0.1) is 24.9 Å². The van der Waals surface area contributed by atoms with Gasteiger partial charge < -0.3 is 18.0 Å². The highest BCUT2D eigenvalue weighted by Gasteiger charge is 2.66. The Bertz CT molecular complexity index is 1070. The molecule has 3 fully saturated rings. The van der Waals surface area contributed by atoms with Gasteiger partial charge in [0, 0.05) is 12.5 Å². The van der Waals surface area contributed by atoms with E-state index < -0.39 is 25.0 Å². The van der Waals surface area contributed by atoms with Crippen molar-refractivity contribution in [2.75, 3.05) is 7.11 Å². The molecule has 4 aliphatic rings. The lowest BCUT2D eigenvalue weighted by Gasteiger charge is -2.65. The van der Waals surface area contributed by atoms with Crippen molar-refractivity contribution in [2.24, 2.45) is 52.3 Å². The second-order valence-corrected chi connectivity index (χ2v) is 32.4. The van der Waals surface area contributed by atoms with Crippen LogP contribution in [0.3, 0.4) is 0 Å². The summed E-state index contributed by atoms with van der Waals surface area (Å²) in [5, 5.41) is 0. The summed E-state index contributed by atoms with van der Waals surface area (Å²) < 4.78 is 26.3. The lowest BCUT2D eigenvalue weighted by molar-refractivity contribution is -0.184. The molecule has 5 nitrogen and oxygen atoms in total. The van der Waals surface area contributed by atoms with Gasteiger partial charge in [-0.15, -0.1) is 0 Å². The predicted octanol–water partition coefficient (Wildman–Crippen LogP) is 10.3. The molecule has 5 unspecified atom stereocenters. The van der Waals surface area contributed by atoms with Gasteiger partial charge in [0.1, 0.15) is 0 Å². The molecule has 0 saturated heterocycles. The summed E-state index contributed by atoms with van der Waals surface area (Å²) in [6, 6.07) is 0. The smallest absolute Gasteiger partial charge is 0.308 e. The molecule has 11 atom stereocenters. The van der Waals surface area contributed by atoms with Crippen LogP contribution >= 0.6 is 0 Å². The zero-order valence-electron chi connectivity index (χ0n) is 31.7. The van der Waals surface area contributed by atoms with E-state index in [1.165, 1.54) is 45.0 Å². The Hall–Kier alpha value is -0.419. The number of methoxy groups -OCH3 is 1. The van der Waals surface area contributed by atoms with Crippen LogP contribution < -0.4 is 0 Å². The third-order valence-electron chi connectivity index (χ3n) is 12.4. The predicted molar refractivity (Wildman–Crippen MR) is 195 cm³/mol. The maximum absolute atomic E-state index is 12.1. The minimum Gasteiger partial charge on any atom is -0.548 e. The van der Waals surface area contributed by atoms with Crippen LogP contribution in [0.5, 0.6) is 0 Å². The Balaban J connectivity index is 1.69. The highest BCUT2D eigenvalue weighted by molar-refractivity contribution is 6.70. The third kappa shape index (κ3) is 8.25. The number of ether oxygens (including phenoxy) is 1. The summed E-state index contributed by atoms with van der Waals surface area (Å²) >= 11 is 0. The Morgan fingerprint density at radius 2 is 1.53 bits per heavy atom. The van der Waals surface area contributed by atoms with E-state index in [2.05, 4.69) is 85.8 Å². The summed E-state index contributed by atoms with van der Waals surface area (Å²) in [5.41, 5.74) is 0.405. The van der Waals surface area contributed by atoms with Crippen LogP contribution in [0.1, 0.15) is 85.5 Å². The van der Waals surface area contributed by atoms with Crippen molar-refractivity contribution in [1.82, 2.24) is 0 Å². The van der Waals surface area contributed by atoms with E-state index in [0.717, 1.165) is 25.7 Å². The Morgan fingerprint density at radius 1 is 0.889 bits per heavy atom. The molecule has 45 heavy (non-hydrogen) atoms. The van der Waals surface area contributed by atoms with E-state index in [0.29, 0.717) is 47.7 Å². The van der Waals surface area contributed by atoms with Crippen molar-refractivity contribution < 1.29 is 22.8 Å². The quantitative estimate of drug-likeness (QED) is 0.152. The Labute approximate surface area is 280 Å². The van der Waals surface area contributed by atoms with E-state index >= 15 is 0 Å². The van der Waals surface area contributed by atoms with Gasteiger partial charge in [-0.2, -0.15) is 0 Å². The van der Waals surface area contributed by atoms with E-state index in [4.69, 9.17) is 18.0 Å². The first-order chi connectivity index (χ1) is 20.6. The average molecular weight is 679 g/mol. The van der Waals surface area contributed by atoms with Crippen LogP contribution in [0.15, 0.2) is 11.8 Å². The van der Waals surface area contributed by atoms with Crippen molar-refractivity contribution in [3.63, 3.8) is 0 Å². The lowest BCUT2D eigenvalue weighted by Crippen LogP contribution is -2.64. The highest BCUT2D eigenvalue weighted by Crippen LogP contribution is 2.69. The number of hydrogen-bond donors (Lipinski definition) is 0. The molecule has 0 aromatic carbocycles. The monoisotopic (exact) mass is 678 g/mol. The van der Waals surface area contributed by atoms with E-state index in [-0.39, 0.29) is 22.7 Å². The molecule has 4 rings (SSSR count). The number of fused-ring (bicyclic) bond motifs is 5. The summed E-state index contributed by atoms with van der Waals surface area (Å²) in [6.07, 6.45) is 13.5. The van der Waals surface area contributed by atoms with Gasteiger partial charge in [-0.3, -0.25) is 4.79 Å². The SMILES string of the molecule is COC(=O)C(C)CCCC(C)[C@H]1CCC2C3C(C[C@H](O[Si](C)(C)C)[C@@]21C)[C@@]1(C)CCC(O[Si](C)(C)C)=C[C@H]1C[C@H]3O[Si](C)(C)C. The topological polar surface area (TPSA) is 54.0 Å². The van der Waals surface area contributed by atoms with Gasteiger partial charge in [0.15, 0.2) is 16.6 Å². The molecule has 3 saturated carbocycles. The zero-order valence-corrected chi connectivity index (χ0v) is 34.7. The van der Waals surface area contributed by atoms with Crippen LogP contribution in [0.25, 0.3) is 0 Å². The van der Waals surface area contributed by atoms with Gasteiger partial charge in [-0.1, -0.05) is 40.5 Å². The first-order valence-corrected chi connectivity index (χ1v) is 28.6. The summed E-state index contributed by atoms with van der Waals surface area (Å²) in [5.74, 6) is 4.73. The maximum Gasteiger partial charge on any atom is 0.308 e. The number of hydrogen-bond acceptors (Lipinski definition) is 5. The highest BCUT2D eigenvalue weighted by atomic mass is 28.4. The van der Waals surface area contributed by atoms with Crippen LogP contribution in [-0.2, 0) is 22.8 Å². The second-order valence-electron chi connectivity index (χ2n) is 19.1. The van der Waals surface area contributed by atoms with E-state index in [9.17, 15) is 4.79 Å². The van der Waals surface area contributed by atoms with Gasteiger partial charge in [-0.05, 0) is 150 Å². The van der Waals surface area contributed by atoms with Gasteiger partial charge in [0.25, 0.3) is 0 Å². The number of carbonyl (C=O) groups is 1. The van der Waals surface area contributed by atoms with Crippen LogP contribution in [0, 0.1) is 52.3 Å². The van der Waals surface area contributed by atoms with Gasteiger partial charge >= 0.3 is 5.97 Å². The maximum atomic E-state index is 12.1. The molecule has 0 heterocycles. The van der Waals surface area contributed by atoms with Gasteiger partial charge in [-0.25, -0.2) is 0 Å². The molecule has 260 valence electrons. The van der Waals surface area contributed by atoms with Crippen molar-refractivity contribution >= 4 is 30.9 Å². The van der Waals surface area contributed by atoms with Crippen LogP contribution in [0.4, 0.5) is 0 Å². The fourth-order valence-corrected chi connectivity index (χ4v) is 13.9. The number of allylic oxidation sites excluding steroid dienone is 2. The summed E-state index contributed by atoms with van der Waals surface area (Å²) in [6.45, 7) is 31.1. The Morgan fingerprint density at radius 3 is 2.11 bits per heavy atom. The first kappa shape index (κ1) is 37.4. The number of esters is 1. The standard InChI is InChI=1S/C37H70O5Si3/c1-25(16-15-17-26(2)35(38)39-5)29-18-19-30-34-31(24-33(37(29,30)4)42-45(12,13)14)36(3)21-20-28(40-43(6,7)8)22-27(36)23-32(34)41-44(9,10)11/h22,25-27,29-34H,15-21,23-24H2,1-14H3/t25?,26?,27-,29+,30?,31?,32+,33-,34?,36-,37+/m0/s1. The molecule has 0 aromatic heterocycles. The molecule has 0 radical (unpaired) electrons. The van der Waals surface area contributed by atoms with Crippen LogP contribution in [-0.4, -0.2) is 50.2 Å². The molecule has 0 aliphatic heterocycles. The van der Waals surface area contributed by atoms with Crippen molar-refractivity contribution in [3.05, 3.63) is 11.8 Å². The van der Waals surface area contributed by atoms with E-state index in [1.807, 2.05) is 6.92 Å². The molecule has 0 bridgehead atoms. The summed E-state index contributed by atoms with van der Waals surface area (Å²) in [4.78, 5) is 12.1. The number of carbonyl (C=O) groups excluding carboxylic acids is 1. The second kappa shape index (κ2) is 13.5. The normalized spacial score (nSPS) is 38.4. The molecule has 4 aliphatic carbocycles. The Kier molecular flexibility index (Phi) is 11.2. The third-order valence-corrected chi connectivity index (χ3v) is 15.3. The van der Waals surface area contributed by atoms with Crippen LogP contribution in [0.2, 0.25) is 58.9 Å². The molecule has 0 amide bonds. The molecule has 0 N–H and O–H groups in total. The first-order valence-electron chi connectivity index (χ1n) is 18.4. The van der Waals surface area contributed by atoms with Crippen molar-refractivity contribution in [1.29, 1.82) is 0 Å². The largest absolute Gasteiger partial charge is 0.548 e. The molecule has 0 spiro atoms. The molecular formula is C37H70O5Si3. The van der Waals surface area contributed by atoms with Gasteiger partial charge in [0.2, 0.25) is 8.32 Å². The number of rotatable bonds is 12. The summed E-state index contributed by atoms with van der Waals surface area (Å²) in [7, 11) is -3.71. The fraction of sp³-hybridized carbons (Fsp3) is 0.919. The average Bonchev–Trinajstić information content (AvgIpc) is 3.25. The molecule has 0 aromatic rings. The fourth-order valence-electron chi connectivity index (χ4n) is 10.6. The van der Waals surface area contributed by atoms with E-state index in [1.54, 1.807) is 0 Å². The molecule has 8 heteroatoms. The van der Waals surface area contributed by atoms with Crippen molar-refractivity contribution in [3.8, 4) is 0 Å². The van der Waals surface area contributed by atoms with Crippen molar-refractivity contribution in [2.45, 2.75) is 157 Å².